The molecule has 24 heavy (non-hydrogen) atoms. The maximum absolute atomic E-state index is 12.9. The van der Waals surface area contributed by atoms with Gasteiger partial charge in [0.25, 0.3) is 5.82 Å². The van der Waals surface area contributed by atoms with E-state index in [-0.39, 0.29) is 23.4 Å². The van der Waals surface area contributed by atoms with Gasteiger partial charge in [-0.1, -0.05) is 12.1 Å². The monoisotopic (exact) mass is 337 g/mol. The number of fused-ring (bicyclic) bond motifs is 1. The number of aromatic nitrogens is 4. The van der Waals surface area contributed by atoms with Gasteiger partial charge < -0.3 is 5.32 Å². The lowest BCUT2D eigenvalue weighted by Gasteiger charge is -2.07. The van der Waals surface area contributed by atoms with Crippen molar-refractivity contribution in [1.29, 1.82) is 0 Å². The number of halogens is 4. The fraction of sp³-hybridized carbons (Fsp3) is 0.267. The van der Waals surface area contributed by atoms with E-state index < -0.39 is 12.0 Å². The Morgan fingerprint density at radius 3 is 2.50 bits per heavy atom. The molecule has 0 aliphatic heterocycles. The van der Waals surface area contributed by atoms with Crippen LogP contribution < -0.4 is 5.32 Å². The molecule has 1 aliphatic carbocycles. The molecule has 0 radical (unpaired) electrons. The van der Waals surface area contributed by atoms with Crippen molar-refractivity contribution in [3.63, 3.8) is 0 Å². The van der Waals surface area contributed by atoms with Crippen LogP contribution in [0.25, 0.3) is 5.65 Å². The van der Waals surface area contributed by atoms with E-state index in [9.17, 15) is 17.6 Å². The Bertz CT molecular complexity index is 887. The molecule has 0 bridgehead atoms. The van der Waals surface area contributed by atoms with Crippen molar-refractivity contribution in [2.75, 3.05) is 5.32 Å². The van der Waals surface area contributed by atoms with Gasteiger partial charge in [0.2, 0.25) is 0 Å². The van der Waals surface area contributed by atoms with Gasteiger partial charge in [-0.3, -0.25) is 0 Å². The van der Waals surface area contributed by atoms with Gasteiger partial charge in [-0.15, -0.1) is 15.3 Å². The zero-order valence-corrected chi connectivity index (χ0v) is 12.1. The zero-order chi connectivity index (χ0) is 16.9. The van der Waals surface area contributed by atoms with E-state index in [0.717, 1.165) is 12.0 Å². The molecule has 3 aromatic rings. The number of anilines is 1. The topological polar surface area (TPSA) is 55.1 Å². The van der Waals surface area contributed by atoms with Crippen molar-refractivity contribution in [2.45, 2.75) is 24.6 Å². The molecule has 1 aromatic carbocycles. The lowest BCUT2D eigenvalue weighted by molar-refractivity contribution is -0.146. The number of alkyl halides is 3. The predicted octanol–water partition coefficient (Wildman–Crippen LogP) is 3.25. The summed E-state index contributed by atoms with van der Waals surface area (Å²) in [4.78, 5) is 0. The van der Waals surface area contributed by atoms with Crippen LogP contribution in [0.1, 0.15) is 23.7 Å². The molecule has 5 nitrogen and oxygen atoms in total. The second kappa shape index (κ2) is 5.15. The largest absolute Gasteiger partial charge is 0.453 e. The summed E-state index contributed by atoms with van der Waals surface area (Å²) in [6.45, 7) is 0. The minimum Gasteiger partial charge on any atom is -0.365 e. The third-order valence-corrected chi connectivity index (χ3v) is 3.94. The number of benzene rings is 1. The van der Waals surface area contributed by atoms with E-state index in [2.05, 4.69) is 20.6 Å². The van der Waals surface area contributed by atoms with Gasteiger partial charge in [0, 0.05) is 12.0 Å². The summed E-state index contributed by atoms with van der Waals surface area (Å²) >= 11 is 0. The molecule has 124 valence electrons. The summed E-state index contributed by atoms with van der Waals surface area (Å²) < 4.78 is 52.2. The molecular weight excluding hydrogens is 326 g/mol. The van der Waals surface area contributed by atoms with Gasteiger partial charge in [0.05, 0.1) is 0 Å². The molecule has 1 aliphatic rings. The van der Waals surface area contributed by atoms with E-state index in [1.807, 2.05) is 0 Å². The highest BCUT2D eigenvalue weighted by Gasteiger charge is 2.40. The maximum atomic E-state index is 12.9. The van der Waals surface area contributed by atoms with E-state index in [0.29, 0.717) is 10.3 Å². The Hall–Kier alpha value is -2.71. The average molecular weight is 337 g/mol. The molecular formula is C15H11F4N5. The number of nitrogens with one attached hydrogen (secondary N) is 1. The summed E-state index contributed by atoms with van der Waals surface area (Å²) in [7, 11) is 0. The standard InChI is InChI=1S/C15H11F4N5/c16-9-3-1-8(2-4-9)10-7-11(10)20-12-5-6-13-21-22-14(15(17,18)19)24(13)23-12/h1-6,10-11H,7H2,(H,20,23)/t10-,11+/m0/s1. The lowest BCUT2D eigenvalue weighted by Crippen LogP contribution is -2.14. The van der Waals surface area contributed by atoms with Crippen LogP contribution in [0.2, 0.25) is 0 Å². The smallest absolute Gasteiger partial charge is 0.365 e. The van der Waals surface area contributed by atoms with Crippen molar-refractivity contribution in [3.05, 3.63) is 53.6 Å². The van der Waals surface area contributed by atoms with Gasteiger partial charge >= 0.3 is 6.18 Å². The van der Waals surface area contributed by atoms with Crippen molar-refractivity contribution in [1.82, 2.24) is 19.8 Å². The van der Waals surface area contributed by atoms with Crippen LogP contribution in [0.5, 0.6) is 0 Å². The highest BCUT2D eigenvalue weighted by atomic mass is 19.4. The number of nitrogens with zero attached hydrogens (tertiary/aromatic N) is 4. The van der Waals surface area contributed by atoms with Crippen LogP contribution in [0.3, 0.4) is 0 Å². The highest BCUT2D eigenvalue weighted by Crippen LogP contribution is 2.42. The molecule has 1 N–H and O–H groups in total. The first-order chi connectivity index (χ1) is 11.4. The Labute approximate surface area is 133 Å². The molecule has 0 amide bonds. The predicted molar refractivity (Wildman–Crippen MR) is 77.0 cm³/mol. The van der Waals surface area contributed by atoms with Crippen LogP contribution in [-0.4, -0.2) is 25.9 Å². The van der Waals surface area contributed by atoms with E-state index in [4.69, 9.17) is 0 Å². The fourth-order valence-electron chi connectivity index (χ4n) is 2.67. The molecule has 0 spiro atoms. The molecule has 0 saturated heterocycles. The molecule has 4 rings (SSSR count). The van der Waals surface area contributed by atoms with Crippen LogP contribution in [-0.2, 0) is 6.18 Å². The quantitative estimate of drug-likeness (QED) is 0.746. The second-order valence-electron chi connectivity index (χ2n) is 5.65. The van der Waals surface area contributed by atoms with Gasteiger partial charge in [-0.05, 0) is 36.2 Å². The normalized spacial score (nSPS) is 20.3. The molecule has 2 atom stereocenters. The number of hydrogen-bond donors (Lipinski definition) is 1. The Kier molecular flexibility index (Phi) is 3.19. The lowest BCUT2D eigenvalue weighted by atomic mass is 10.1. The molecule has 2 heterocycles. The minimum absolute atomic E-state index is 0.0266. The Balaban J connectivity index is 1.54. The van der Waals surface area contributed by atoms with Gasteiger partial charge in [0.15, 0.2) is 5.65 Å². The van der Waals surface area contributed by atoms with Crippen molar-refractivity contribution in [2.24, 2.45) is 0 Å². The maximum Gasteiger partial charge on any atom is 0.453 e. The van der Waals surface area contributed by atoms with Crippen LogP contribution in [0.15, 0.2) is 36.4 Å². The third-order valence-electron chi connectivity index (χ3n) is 3.94. The Morgan fingerprint density at radius 1 is 1.04 bits per heavy atom. The van der Waals surface area contributed by atoms with E-state index in [1.54, 1.807) is 18.2 Å². The summed E-state index contributed by atoms with van der Waals surface area (Å²) in [5.74, 6) is -0.969. The van der Waals surface area contributed by atoms with E-state index >= 15 is 0 Å². The zero-order valence-electron chi connectivity index (χ0n) is 12.1. The summed E-state index contributed by atoms with van der Waals surface area (Å²) in [5, 5.41) is 13.6. The van der Waals surface area contributed by atoms with E-state index in [1.165, 1.54) is 18.2 Å². The van der Waals surface area contributed by atoms with Crippen LogP contribution >= 0.6 is 0 Å². The summed E-state index contributed by atoms with van der Waals surface area (Å²) in [5.41, 5.74) is 1.01. The average Bonchev–Trinajstić information content (AvgIpc) is 3.14. The first-order valence-electron chi connectivity index (χ1n) is 7.23. The van der Waals surface area contributed by atoms with Gasteiger partial charge in [0.1, 0.15) is 11.6 Å². The first-order valence-corrected chi connectivity index (χ1v) is 7.23. The first kappa shape index (κ1) is 14.9. The van der Waals surface area contributed by atoms with Crippen molar-refractivity contribution >= 4 is 11.5 Å². The van der Waals surface area contributed by atoms with Crippen molar-refractivity contribution < 1.29 is 17.6 Å². The fourth-order valence-corrected chi connectivity index (χ4v) is 2.67. The molecule has 1 saturated carbocycles. The second-order valence-corrected chi connectivity index (χ2v) is 5.65. The minimum atomic E-state index is -4.62. The van der Waals surface area contributed by atoms with Gasteiger partial charge in [-0.25, -0.2) is 4.39 Å². The van der Waals surface area contributed by atoms with Crippen LogP contribution in [0, 0.1) is 5.82 Å². The molecule has 2 aromatic heterocycles. The summed E-state index contributed by atoms with van der Waals surface area (Å²) in [6, 6.07) is 9.23. The molecule has 1 fully saturated rings. The number of rotatable bonds is 3. The van der Waals surface area contributed by atoms with Crippen LogP contribution in [0.4, 0.5) is 23.4 Å². The number of hydrogen-bond acceptors (Lipinski definition) is 4. The van der Waals surface area contributed by atoms with Gasteiger partial charge in [-0.2, -0.15) is 17.7 Å². The molecule has 0 unspecified atom stereocenters. The Morgan fingerprint density at radius 2 is 1.79 bits per heavy atom. The summed E-state index contributed by atoms with van der Waals surface area (Å²) in [6.07, 6.45) is -3.82. The SMILES string of the molecule is Fc1ccc([C@@H]2C[C@H]2Nc2ccc3nnc(C(F)(F)F)n3n2)cc1. The third kappa shape index (κ3) is 2.66. The van der Waals surface area contributed by atoms with Crippen molar-refractivity contribution in [3.8, 4) is 0 Å². The molecule has 9 heteroatoms. The highest BCUT2D eigenvalue weighted by molar-refractivity contribution is 5.47.